The lowest BCUT2D eigenvalue weighted by Gasteiger charge is -2.35. The van der Waals surface area contributed by atoms with Crippen molar-refractivity contribution in [2.75, 3.05) is 39.4 Å². The molecule has 0 saturated carbocycles. The minimum Gasteiger partial charge on any atom is -0.467 e. The number of morpholine rings is 1. The van der Waals surface area contributed by atoms with Crippen LogP contribution in [-0.2, 0) is 11.3 Å². The van der Waals surface area contributed by atoms with Gasteiger partial charge in [0.15, 0.2) is 5.96 Å². The van der Waals surface area contributed by atoms with Crippen LogP contribution in [0.3, 0.4) is 0 Å². The summed E-state index contributed by atoms with van der Waals surface area (Å²) in [5.41, 5.74) is 1.31. The van der Waals surface area contributed by atoms with Crippen LogP contribution < -0.4 is 10.6 Å². The molecule has 0 amide bonds. The number of benzene rings is 1. The number of furan rings is 1. The molecular weight excluding hydrogens is 328 g/mol. The number of aliphatic imine (C=N–C) groups is 1. The zero-order valence-corrected chi connectivity index (χ0v) is 15.4. The van der Waals surface area contributed by atoms with E-state index in [0.717, 1.165) is 51.1 Å². The van der Waals surface area contributed by atoms with Gasteiger partial charge in [0.2, 0.25) is 0 Å². The number of hydrogen-bond acceptors (Lipinski definition) is 4. The van der Waals surface area contributed by atoms with Gasteiger partial charge in [0.05, 0.1) is 25.5 Å². The van der Waals surface area contributed by atoms with Crippen molar-refractivity contribution < 1.29 is 9.15 Å². The average Bonchev–Trinajstić information content (AvgIpc) is 3.21. The zero-order chi connectivity index (χ0) is 18.0. The minimum absolute atomic E-state index is 0.285. The molecule has 1 aliphatic rings. The van der Waals surface area contributed by atoms with Crippen LogP contribution in [0.15, 0.2) is 58.1 Å². The Morgan fingerprint density at radius 1 is 1.12 bits per heavy atom. The summed E-state index contributed by atoms with van der Waals surface area (Å²) in [7, 11) is 0. The van der Waals surface area contributed by atoms with Gasteiger partial charge >= 0.3 is 0 Å². The van der Waals surface area contributed by atoms with Crippen molar-refractivity contribution in [3.05, 3.63) is 60.1 Å². The molecule has 1 fully saturated rings. The van der Waals surface area contributed by atoms with Crippen LogP contribution in [0.25, 0.3) is 0 Å². The van der Waals surface area contributed by atoms with E-state index in [2.05, 4.69) is 57.8 Å². The van der Waals surface area contributed by atoms with Crippen molar-refractivity contribution in [2.24, 2.45) is 4.99 Å². The van der Waals surface area contributed by atoms with Gasteiger partial charge in [0.1, 0.15) is 12.3 Å². The number of guanidine groups is 1. The Kier molecular flexibility index (Phi) is 7.10. The lowest BCUT2D eigenvalue weighted by atomic mass is 10.0. The summed E-state index contributed by atoms with van der Waals surface area (Å²) in [6.45, 7) is 7.66. The van der Waals surface area contributed by atoms with Gasteiger partial charge in [-0.1, -0.05) is 30.3 Å². The largest absolute Gasteiger partial charge is 0.467 e. The summed E-state index contributed by atoms with van der Waals surface area (Å²) in [6.07, 6.45) is 1.68. The van der Waals surface area contributed by atoms with Crippen LogP contribution in [-0.4, -0.2) is 50.3 Å². The number of nitrogens with zero attached hydrogens (tertiary/aromatic N) is 2. The van der Waals surface area contributed by atoms with Crippen molar-refractivity contribution >= 4 is 5.96 Å². The van der Waals surface area contributed by atoms with Gasteiger partial charge < -0.3 is 19.8 Å². The molecule has 26 heavy (non-hydrogen) atoms. The Labute approximate surface area is 155 Å². The summed E-state index contributed by atoms with van der Waals surface area (Å²) in [4.78, 5) is 7.10. The zero-order valence-electron chi connectivity index (χ0n) is 15.4. The van der Waals surface area contributed by atoms with Crippen LogP contribution >= 0.6 is 0 Å². The van der Waals surface area contributed by atoms with Crippen molar-refractivity contribution in [1.29, 1.82) is 0 Å². The van der Waals surface area contributed by atoms with E-state index >= 15 is 0 Å². The lowest BCUT2D eigenvalue weighted by Crippen LogP contribution is -2.46. The van der Waals surface area contributed by atoms with Crippen LogP contribution in [0.5, 0.6) is 0 Å². The number of nitrogens with one attached hydrogen (secondary N) is 2. The third kappa shape index (κ3) is 5.34. The van der Waals surface area contributed by atoms with Gasteiger partial charge in [-0.05, 0) is 24.6 Å². The molecule has 1 aromatic carbocycles. The Morgan fingerprint density at radius 2 is 1.92 bits per heavy atom. The molecule has 1 atom stereocenters. The van der Waals surface area contributed by atoms with Crippen LogP contribution in [0.2, 0.25) is 0 Å². The molecule has 0 bridgehead atoms. The SMILES string of the molecule is CCNC(=NCc1ccco1)NCC(c1ccccc1)N1CCOCC1. The first-order valence-electron chi connectivity index (χ1n) is 9.28. The first-order chi connectivity index (χ1) is 12.9. The monoisotopic (exact) mass is 356 g/mol. The third-order valence-corrected chi connectivity index (χ3v) is 4.45. The first kappa shape index (κ1) is 18.5. The van der Waals surface area contributed by atoms with Crippen molar-refractivity contribution in [3.63, 3.8) is 0 Å². The molecular formula is C20H28N4O2. The molecule has 1 aliphatic heterocycles. The molecule has 2 aromatic rings. The summed E-state index contributed by atoms with van der Waals surface area (Å²) < 4.78 is 10.9. The highest BCUT2D eigenvalue weighted by Gasteiger charge is 2.22. The Balaban J connectivity index is 1.67. The Bertz CT molecular complexity index is 652. The fraction of sp³-hybridized carbons (Fsp3) is 0.450. The third-order valence-electron chi connectivity index (χ3n) is 4.45. The highest BCUT2D eigenvalue weighted by atomic mass is 16.5. The maximum absolute atomic E-state index is 5.52. The maximum atomic E-state index is 5.52. The quantitative estimate of drug-likeness (QED) is 0.589. The molecule has 1 saturated heterocycles. The smallest absolute Gasteiger partial charge is 0.191 e. The maximum Gasteiger partial charge on any atom is 0.191 e. The highest BCUT2D eigenvalue weighted by molar-refractivity contribution is 5.79. The predicted octanol–water partition coefficient (Wildman–Crippen LogP) is 2.41. The molecule has 2 heterocycles. The second kappa shape index (κ2) is 9.99. The summed E-state index contributed by atoms with van der Waals surface area (Å²) in [6, 6.07) is 14.7. The highest BCUT2D eigenvalue weighted by Crippen LogP contribution is 2.21. The van der Waals surface area contributed by atoms with Gasteiger partial charge in [-0.2, -0.15) is 0 Å². The standard InChI is InChI=1S/C20H28N4O2/c1-2-21-20(22-15-18-9-6-12-26-18)23-16-19(17-7-4-3-5-8-17)24-10-13-25-14-11-24/h3-9,12,19H,2,10-11,13-16H2,1H3,(H2,21,22,23). The fourth-order valence-electron chi connectivity index (χ4n) is 3.12. The first-order valence-corrected chi connectivity index (χ1v) is 9.28. The molecule has 6 nitrogen and oxygen atoms in total. The van der Waals surface area contributed by atoms with E-state index in [9.17, 15) is 0 Å². The minimum atomic E-state index is 0.285. The summed E-state index contributed by atoms with van der Waals surface area (Å²) >= 11 is 0. The second-order valence-electron chi connectivity index (χ2n) is 6.23. The summed E-state index contributed by atoms with van der Waals surface area (Å²) in [5, 5.41) is 6.80. The molecule has 1 unspecified atom stereocenters. The topological polar surface area (TPSA) is 62.0 Å². The average molecular weight is 356 g/mol. The number of hydrogen-bond donors (Lipinski definition) is 2. The molecule has 140 valence electrons. The van der Waals surface area contributed by atoms with E-state index in [0.29, 0.717) is 6.54 Å². The number of ether oxygens (including phenoxy) is 1. The van der Waals surface area contributed by atoms with Gasteiger partial charge in [0, 0.05) is 26.2 Å². The predicted molar refractivity (Wildman–Crippen MR) is 103 cm³/mol. The van der Waals surface area contributed by atoms with Crippen LogP contribution in [0.1, 0.15) is 24.3 Å². The molecule has 0 radical (unpaired) electrons. The van der Waals surface area contributed by atoms with Crippen molar-refractivity contribution in [3.8, 4) is 0 Å². The Hall–Kier alpha value is -2.31. The second-order valence-corrected chi connectivity index (χ2v) is 6.23. The molecule has 2 N–H and O–H groups in total. The van der Waals surface area contributed by atoms with E-state index in [4.69, 9.17) is 9.15 Å². The van der Waals surface area contributed by atoms with Crippen molar-refractivity contribution in [2.45, 2.75) is 19.5 Å². The normalized spacial score (nSPS) is 17.0. The van der Waals surface area contributed by atoms with Gasteiger partial charge in [-0.25, -0.2) is 4.99 Å². The van der Waals surface area contributed by atoms with Gasteiger partial charge in [0.25, 0.3) is 0 Å². The fourth-order valence-corrected chi connectivity index (χ4v) is 3.12. The molecule has 0 aliphatic carbocycles. The van der Waals surface area contributed by atoms with Crippen LogP contribution in [0, 0.1) is 0 Å². The molecule has 3 rings (SSSR count). The van der Waals surface area contributed by atoms with E-state index in [1.165, 1.54) is 5.56 Å². The molecule has 1 aromatic heterocycles. The van der Waals surface area contributed by atoms with Crippen LogP contribution in [0.4, 0.5) is 0 Å². The number of rotatable bonds is 7. The lowest BCUT2D eigenvalue weighted by molar-refractivity contribution is 0.0170. The summed E-state index contributed by atoms with van der Waals surface area (Å²) in [5.74, 6) is 1.66. The van der Waals surface area contributed by atoms with E-state index in [1.807, 2.05) is 12.1 Å². The molecule has 6 heteroatoms. The Morgan fingerprint density at radius 3 is 2.62 bits per heavy atom. The van der Waals surface area contributed by atoms with Crippen molar-refractivity contribution in [1.82, 2.24) is 15.5 Å². The van der Waals surface area contributed by atoms with E-state index in [1.54, 1.807) is 6.26 Å². The van der Waals surface area contributed by atoms with E-state index < -0.39 is 0 Å². The van der Waals surface area contributed by atoms with Gasteiger partial charge in [-0.3, -0.25) is 4.90 Å². The molecule has 0 spiro atoms. The van der Waals surface area contributed by atoms with E-state index in [-0.39, 0.29) is 6.04 Å². The van der Waals surface area contributed by atoms with Gasteiger partial charge in [-0.15, -0.1) is 0 Å².